The van der Waals surface area contributed by atoms with Crippen LogP contribution in [0.15, 0.2) is 0 Å². The lowest BCUT2D eigenvalue weighted by molar-refractivity contribution is -0.921. The lowest BCUT2D eigenvalue weighted by Crippen LogP contribution is -2.60. The Morgan fingerprint density at radius 1 is 0.765 bits per heavy atom. The van der Waals surface area contributed by atoms with E-state index in [9.17, 15) is 9.59 Å². The minimum absolute atomic E-state index is 0.0157. The Kier molecular flexibility index (Phi) is 5.73. The van der Waals surface area contributed by atoms with Gasteiger partial charge in [-0.25, -0.2) is 9.59 Å². The number of morpholine rings is 1. The monoisotopic (exact) mass is 476 g/mol. The van der Waals surface area contributed by atoms with Crippen molar-refractivity contribution in [1.82, 2.24) is 0 Å². The van der Waals surface area contributed by atoms with E-state index in [1.807, 2.05) is 0 Å². The van der Waals surface area contributed by atoms with Crippen LogP contribution in [0.1, 0.15) is 80.1 Å². The van der Waals surface area contributed by atoms with E-state index in [1.165, 1.54) is 12.8 Å². The number of quaternary nitrogens is 1. The molecule has 5 fully saturated rings. The van der Waals surface area contributed by atoms with Gasteiger partial charge >= 0.3 is 11.9 Å². The van der Waals surface area contributed by atoms with Crippen molar-refractivity contribution in [2.45, 2.75) is 92.3 Å². The number of hydrogen-bond acceptors (Lipinski definition) is 5. The zero-order valence-corrected chi connectivity index (χ0v) is 22.3. The van der Waals surface area contributed by atoms with Crippen molar-refractivity contribution in [2.75, 3.05) is 39.4 Å². The molecule has 4 aliphatic carbocycles. The van der Waals surface area contributed by atoms with E-state index >= 15 is 0 Å². The topological polar surface area (TPSA) is 61.8 Å². The Morgan fingerprint density at radius 2 is 1.18 bits per heavy atom. The molecule has 1 saturated heterocycles. The predicted octanol–water partition coefficient (Wildman–Crippen LogP) is 4.35. The van der Waals surface area contributed by atoms with E-state index in [1.54, 1.807) is 0 Å². The number of rotatable bonds is 6. The van der Waals surface area contributed by atoms with Gasteiger partial charge in [0.25, 0.3) is 0 Å². The Hall–Kier alpha value is -1.14. The molecular weight excluding hydrogens is 430 g/mol. The van der Waals surface area contributed by atoms with E-state index in [0.29, 0.717) is 42.6 Å². The molecule has 1 aliphatic heterocycles. The number of fused-ring (bicyclic) bond motifs is 4. The van der Waals surface area contributed by atoms with Gasteiger partial charge in [-0.15, -0.1) is 0 Å². The molecule has 0 radical (unpaired) electrons. The second-order valence-electron chi connectivity index (χ2n) is 13.9. The highest BCUT2D eigenvalue weighted by atomic mass is 16.6. The molecule has 5 rings (SSSR count). The smallest absolute Gasteiger partial charge is 0.362 e. The fourth-order valence-corrected chi connectivity index (χ4v) is 8.66. The number of esters is 2. The summed E-state index contributed by atoms with van der Waals surface area (Å²) < 4.78 is 18.3. The number of hydrogen-bond donors (Lipinski definition) is 0. The maximum absolute atomic E-state index is 13.2. The van der Waals surface area contributed by atoms with Gasteiger partial charge in [-0.2, -0.15) is 0 Å². The molecule has 5 aliphatic rings. The summed E-state index contributed by atoms with van der Waals surface area (Å²) in [4.78, 5) is 26.5. The van der Waals surface area contributed by atoms with Crippen LogP contribution in [-0.2, 0) is 23.8 Å². The van der Waals surface area contributed by atoms with Gasteiger partial charge < -0.3 is 18.7 Å². The van der Waals surface area contributed by atoms with Crippen molar-refractivity contribution < 1.29 is 28.3 Å². The molecule has 6 unspecified atom stereocenters. The summed E-state index contributed by atoms with van der Waals surface area (Å²) in [7, 11) is 0. The molecule has 0 amide bonds. The van der Waals surface area contributed by atoms with E-state index in [4.69, 9.17) is 14.2 Å². The van der Waals surface area contributed by atoms with Crippen LogP contribution in [0.2, 0.25) is 0 Å². The van der Waals surface area contributed by atoms with Crippen molar-refractivity contribution in [3.05, 3.63) is 0 Å². The fourth-order valence-electron chi connectivity index (χ4n) is 8.66. The third kappa shape index (κ3) is 3.48. The number of carbonyl (C=O) groups excluding carboxylic acids is 2. The normalized spacial score (nSPS) is 43.1. The van der Waals surface area contributed by atoms with Crippen molar-refractivity contribution >= 4 is 11.9 Å². The molecule has 1 heterocycles. The average Bonchev–Trinajstić information content (AvgIpc) is 3.26. The van der Waals surface area contributed by atoms with Crippen LogP contribution >= 0.6 is 0 Å². The van der Waals surface area contributed by atoms with Crippen LogP contribution in [0.3, 0.4) is 0 Å². The molecule has 0 aromatic rings. The van der Waals surface area contributed by atoms with Gasteiger partial charge in [-0.3, -0.25) is 0 Å². The first-order valence-corrected chi connectivity index (χ1v) is 13.6. The van der Waals surface area contributed by atoms with Gasteiger partial charge in [0.05, 0.1) is 13.2 Å². The Morgan fingerprint density at radius 3 is 1.50 bits per heavy atom. The van der Waals surface area contributed by atoms with Crippen molar-refractivity contribution in [2.24, 2.45) is 33.5 Å². The van der Waals surface area contributed by atoms with Gasteiger partial charge in [0.15, 0.2) is 13.1 Å². The largest absolute Gasteiger partial charge is 0.458 e. The van der Waals surface area contributed by atoms with E-state index in [0.717, 1.165) is 25.7 Å². The molecule has 0 aromatic heterocycles. The maximum Gasteiger partial charge on any atom is 0.362 e. The summed E-state index contributed by atoms with van der Waals surface area (Å²) in [6.07, 6.45) is 6.63. The molecule has 34 heavy (non-hydrogen) atoms. The summed E-state index contributed by atoms with van der Waals surface area (Å²) in [5.41, 5.74) is 0.507. The number of carbonyl (C=O) groups is 2. The van der Waals surface area contributed by atoms with Crippen LogP contribution in [0.4, 0.5) is 0 Å². The molecule has 6 heteroatoms. The quantitative estimate of drug-likeness (QED) is 0.421. The third-order valence-corrected chi connectivity index (χ3v) is 12.3. The lowest BCUT2D eigenvalue weighted by atomic mass is 9.70. The molecule has 6 atom stereocenters. The molecule has 192 valence electrons. The second-order valence-corrected chi connectivity index (χ2v) is 13.9. The molecule has 0 spiro atoms. The Labute approximate surface area is 205 Å². The van der Waals surface area contributed by atoms with Crippen LogP contribution in [-0.4, -0.2) is 68.0 Å². The van der Waals surface area contributed by atoms with E-state index < -0.39 is 0 Å². The second kappa shape index (κ2) is 7.93. The van der Waals surface area contributed by atoms with Gasteiger partial charge in [0.2, 0.25) is 0 Å². The summed E-state index contributed by atoms with van der Waals surface area (Å²) >= 11 is 0. The molecule has 6 nitrogen and oxygen atoms in total. The average molecular weight is 477 g/mol. The molecule has 0 aromatic carbocycles. The molecule has 4 saturated carbocycles. The van der Waals surface area contributed by atoms with Crippen LogP contribution in [0, 0.1) is 33.5 Å². The van der Waals surface area contributed by atoms with Crippen molar-refractivity contribution in [1.29, 1.82) is 0 Å². The van der Waals surface area contributed by atoms with Crippen LogP contribution in [0.5, 0.6) is 0 Å². The zero-order chi connectivity index (χ0) is 24.6. The first kappa shape index (κ1) is 24.5. The summed E-state index contributed by atoms with van der Waals surface area (Å²) in [6, 6.07) is 0. The maximum atomic E-state index is 13.2. The van der Waals surface area contributed by atoms with Gasteiger partial charge in [-0.1, -0.05) is 41.5 Å². The fraction of sp³-hybridized carbons (Fsp3) is 0.929. The SMILES string of the molecule is CC1(C)C2CCC1(C)C(OC(=O)C[N+]1(CC(=O)OC3CC4CCC3(C)C4(C)C)CCOCC1)C2. The highest BCUT2D eigenvalue weighted by molar-refractivity contribution is 5.73. The zero-order valence-electron chi connectivity index (χ0n) is 22.3. The number of nitrogens with zero attached hydrogens (tertiary/aromatic N) is 1. The minimum atomic E-state index is -0.169. The highest BCUT2D eigenvalue weighted by Crippen LogP contribution is 2.67. The van der Waals surface area contributed by atoms with Gasteiger partial charge in [0, 0.05) is 10.8 Å². The summed E-state index contributed by atoms with van der Waals surface area (Å²) in [5, 5.41) is 0. The molecule has 0 N–H and O–H groups in total. The predicted molar refractivity (Wildman–Crippen MR) is 129 cm³/mol. The highest BCUT2D eigenvalue weighted by Gasteiger charge is 2.64. The Bertz CT molecular complexity index is 784. The first-order chi connectivity index (χ1) is 15.8. The van der Waals surface area contributed by atoms with Gasteiger partial charge in [-0.05, 0) is 61.2 Å². The summed E-state index contributed by atoms with van der Waals surface area (Å²) in [5.74, 6) is 0.919. The van der Waals surface area contributed by atoms with E-state index in [2.05, 4.69) is 41.5 Å². The molecule has 4 bridgehead atoms. The van der Waals surface area contributed by atoms with Crippen LogP contribution < -0.4 is 0 Å². The number of ether oxygens (including phenoxy) is 3. The lowest BCUT2D eigenvalue weighted by Gasteiger charge is -2.42. The molecular formula is C28H46NO5+. The van der Waals surface area contributed by atoms with Crippen LogP contribution in [0.25, 0.3) is 0 Å². The van der Waals surface area contributed by atoms with Crippen molar-refractivity contribution in [3.63, 3.8) is 0 Å². The van der Waals surface area contributed by atoms with E-state index in [-0.39, 0.29) is 58.9 Å². The first-order valence-electron chi connectivity index (χ1n) is 13.6. The van der Waals surface area contributed by atoms with Crippen molar-refractivity contribution in [3.8, 4) is 0 Å². The summed E-state index contributed by atoms with van der Waals surface area (Å²) in [6.45, 7) is 16.8. The minimum Gasteiger partial charge on any atom is -0.458 e. The Balaban J connectivity index is 1.23. The third-order valence-electron chi connectivity index (χ3n) is 12.3. The standard InChI is InChI=1S/C28H46NO5/c1-25(2)19-7-9-27(25,5)21(15-19)33-23(30)17-29(11-13-32-14-12-29)18-24(31)34-22-16-20-8-10-28(22,6)26(20,3)4/h19-22H,7-18H2,1-6H3/q+1. The van der Waals surface area contributed by atoms with Gasteiger partial charge in [0.1, 0.15) is 25.3 Å².